The van der Waals surface area contributed by atoms with Crippen LogP contribution >= 0.6 is 0 Å². The molecule has 0 aliphatic rings. The molecule has 0 fully saturated rings. The Balaban J connectivity index is 2.25. The Morgan fingerprint density at radius 2 is 1.54 bits per heavy atom. The van der Waals surface area contributed by atoms with Gasteiger partial charge in [-0.1, -0.05) is 0 Å². The lowest BCUT2D eigenvalue weighted by Crippen LogP contribution is -2.27. The van der Waals surface area contributed by atoms with Gasteiger partial charge in [0.25, 0.3) is 0 Å². The molecule has 0 aliphatic heterocycles. The maximum absolute atomic E-state index is 13.5. The monoisotopic (exact) mass is 347 g/mol. The third kappa shape index (κ3) is 3.36. The number of rotatable bonds is 3. The SMILES string of the molecule is CN(C)C(=O)Nc1ccc(Oc2c(F)c(F)c(F)c(F)c2F)nc1. The molecule has 1 heterocycles. The van der Waals surface area contributed by atoms with E-state index in [0.717, 1.165) is 12.3 Å². The van der Waals surface area contributed by atoms with Crippen LogP contribution in [0.4, 0.5) is 32.4 Å². The minimum absolute atomic E-state index is 0.235. The molecule has 128 valence electrons. The number of anilines is 1. The second-order valence-electron chi connectivity index (χ2n) is 4.71. The first-order valence-electron chi connectivity index (χ1n) is 6.36. The zero-order chi connectivity index (χ0) is 18.0. The molecule has 5 nitrogen and oxygen atoms in total. The number of halogens is 5. The van der Waals surface area contributed by atoms with Crippen molar-refractivity contribution in [1.82, 2.24) is 9.88 Å². The summed E-state index contributed by atoms with van der Waals surface area (Å²) in [4.78, 5) is 16.3. The molecule has 1 aromatic heterocycles. The van der Waals surface area contributed by atoms with Gasteiger partial charge in [-0.3, -0.25) is 0 Å². The van der Waals surface area contributed by atoms with Crippen LogP contribution in [0.15, 0.2) is 18.3 Å². The number of amides is 2. The van der Waals surface area contributed by atoms with Crippen LogP contribution in [0.5, 0.6) is 11.6 Å². The smallest absolute Gasteiger partial charge is 0.321 e. The van der Waals surface area contributed by atoms with E-state index < -0.39 is 46.7 Å². The molecule has 10 heteroatoms. The zero-order valence-electron chi connectivity index (χ0n) is 12.3. The number of carbonyl (C=O) groups excluding carboxylic acids is 1. The zero-order valence-corrected chi connectivity index (χ0v) is 12.3. The number of aromatic nitrogens is 1. The molecule has 0 bridgehead atoms. The number of hydrogen-bond acceptors (Lipinski definition) is 3. The Kier molecular flexibility index (Phi) is 4.86. The minimum atomic E-state index is -2.29. The lowest BCUT2D eigenvalue weighted by Gasteiger charge is -2.12. The molecule has 0 unspecified atom stereocenters. The predicted molar refractivity (Wildman–Crippen MR) is 73.2 cm³/mol. The maximum atomic E-state index is 13.5. The van der Waals surface area contributed by atoms with Crippen molar-refractivity contribution >= 4 is 11.7 Å². The number of nitrogens with zero attached hydrogens (tertiary/aromatic N) is 2. The van der Waals surface area contributed by atoms with Crippen molar-refractivity contribution < 1.29 is 31.5 Å². The fraction of sp³-hybridized carbons (Fsp3) is 0.143. The quantitative estimate of drug-likeness (QED) is 0.524. The van der Waals surface area contributed by atoms with Crippen LogP contribution in [0.2, 0.25) is 0 Å². The first-order chi connectivity index (χ1) is 11.2. The number of ether oxygens (including phenoxy) is 1. The van der Waals surface area contributed by atoms with Crippen molar-refractivity contribution in [2.75, 3.05) is 19.4 Å². The van der Waals surface area contributed by atoms with Crippen molar-refractivity contribution in [2.45, 2.75) is 0 Å². The van der Waals surface area contributed by atoms with E-state index >= 15 is 0 Å². The van der Waals surface area contributed by atoms with Crippen molar-refractivity contribution in [3.8, 4) is 11.6 Å². The second kappa shape index (κ2) is 6.69. The number of pyridine rings is 1. The van der Waals surface area contributed by atoms with E-state index in [4.69, 9.17) is 0 Å². The van der Waals surface area contributed by atoms with Crippen LogP contribution in [0.1, 0.15) is 0 Å². The van der Waals surface area contributed by atoms with E-state index in [0.29, 0.717) is 0 Å². The van der Waals surface area contributed by atoms with Crippen molar-refractivity contribution in [2.24, 2.45) is 0 Å². The summed E-state index contributed by atoms with van der Waals surface area (Å²) in [6, 6.07) is 1.91. The third-order valence-corrected chi connectivity index (χ3v) is 2.77. The molecule has 0 spiro atoms. The van der Waals surface area contributed by atoms with E-state index in [1.165, 1.54) is 25.1 Å². The van der Waals surface area contributed by atoms with Crippen LogP contribution in [-0.2, 0) is 0 Å². The number of nitrogens with one attached hydrogen (secondary N) is 1. The summed E-state index contributed by atoms with van der Waals surface area (Å²) in [5.41, 5.74) is 0.235. The Morgan fingerprint density at radius 1 is 1.00 bits per heavy atom. The highest BCUT2D eigenvalue weighted by Crippen LogP contribution is 2.32. The molecule has 2 amide bonds. The van der Waals surface area contributed by atoms with Gasteiger partial charge in [0.2, 0.25) is 40.7 Å². The Bertz CT molecular complexity index is 752. The first kappa shape index (κ1) is 17.4. The first-order valence-corrected chi connectivity index (χ1v) is 6.36. The number of urea groups is 1. The fourth-order valence-electron chi connectivity index (χ4n) is 1.53. The average molecular weight is 347 g/mol. The van der Waals surface area contributed by atoms with Gasteiger partial charge in [-0.2, -0.15) is 8.78 Å². The van der Waals surface area contributed by atoms with Gasteiger partial charge in [0.1, 0.15) is 0 Å². The van der Waals surface area contributed by atoms with Crippen LogP contribution in [0, 0.1) is 29.1 Å². The highest BCUT2D eigenvalue weighted by Gasteiger charge is 2.27. The molecular formula is C14H10F5N3O2. The highest BCUT2D eigenvalue weighted by atomic mass is 19.2. The van der Waals surface area contributed by atoms with Crippen LogP contribution in [-0.4, -0.2) is 30.0 Å². The topological polar surface area (TPSA) is 54.5 Å². The summed E-state index contributed by atoms with van der Waals surface area (Å²) in [5, 5.41) is 2.43. The van der Waals surface area contributed by atoms with Crippen molar-refractivity contribution in [3.63, 3.8) is 0 Å². The van der Waals surface area contributed by atoms with Gasteiger partial charge in [0.15, 0.2) is 0 Å². The summed E-state index contributed by atoms with van der Waals surface area (Å²) in [5.74, 6) is -12.7. The van der Waals surface area contributed by atoms with E-state index in [2.05, 4.69) is 15.0 Å². The molecule has 0 aliphatic carbocycles. The van der Waals surface area contributed by atoms with Gasteiger partial charge >= 0.3 is 6.03 Å². The van der Waals surface area contributed by atoms with Gasteiger partial charge in [0.05, 0.1) is 11.9 Å². The summed E-state index contributed by atoms with van der Waals surface area (Å²) < 4.78 is 70.7. The number of hydrogen-bond donors (Lipinski definition) is 1. The van der Waals surface area contributed by atoms with E-state index in [9.17, 15) is 26.7 Å². The largest absolute Gasteiger partial charge is 0.433 e. The summed E-state index contributed by atoms with van der Waals surface area (Å²) >= 11 is 0. The molecular weight excluding hydrogens is 337 g/mol. The van der Waals surface area contributed by atoms with Gasteiger partial charge in [-0.05, 0) is 6.07 Å². The molecule has 0 radical (unpaired) electrons. The second-order valence-corrected chi connectivity index (χ2v) is 4.71. The third-order valence-electron chi connectivity index (χ3n) is 2.77. The van der Waals surface area contributed by atoms with E-state index in [1.54, 1.807) is 0 Å². The Morgan fingerprint density at radius 3 is 2.00 bits per heavy atom. The van der Waals surface area contributed by atoms with Crippen molar-refractivity contribution in [1.29, 1.82) is 0 Å². The molecule has 1 N–H and O–H groups in total. The lowest BCUT2D eigenvalue weighted by atomic mass is 10.2. The summed E-state index contributed by atoms with van der Waals surface area (Å²) in [6.45, 7) is 0. The van der Waals surface area contributed by atoms with Gasteiger partial charge < -0.3 is 15.0 Å². The Labute approximate surface area is 132 Å². The molecule has 0 saturated carbocycles. The average Bonchev–Trinajstić information content (AvgIpc) is 2.56. The highest BCUT2D eigenvalue weighted by molar-refractivity contribution is 5.88. The molecule has 0 atom stereocenters. The minimum Gasteiger partial charge on any atom is -0.433 e. The van der Waals surface area contributed by atoms with Gasteiger partial charge in [0, 0.05) is 20.2 Å². The fourth-order valence-corrected chi connectivity index (χ4v) is 1.53. The summed E-state index contributed by atoms with van der Waals surface area (Å²) in [6.07, 6.45) is 1.09. The van der Waals surface area contributed by atoms with Crippen molar-refractivity contribution in [3.05, 3.63) is 47.4 Å². The van der Waals surface area contributed by atoms with Gasteiger partial charge in [-0.15, -0.1) is 0 Å². The Hall–Kier alpha value is -2.91. The molecule has 2 aromatic rings. The van der Waals surface area contributed by atoms with Crippen LogP contribution < -0.4 is 10.1 Å². The molecule has 0 saturated heterocycles. The number of carbonyl (C=O) groups is 1. The lowest BCUT2D eigenvalue weighted by molar-refractivity contribution is 0.230. The molecule has 24 heavy (non-hydrogen) atoms. The van der Waals surface area contributed by atoms with Gasteiger partial charge in [-0.25, -0.2) is 22.9 Å². The van der Waals surface area contributed by atoms with Crippen LogP contribution in [0.25, 0.3) is 0 Å². The summed E-state index contributed by atoms with van der Waals surface area (Å²) in [7, 11) is 3.01. The normalized spacial score (nSPS) is 10.5. The standard InChI is InChI=1S/C14H10F5N3O2/c1-22(2)14(23)21-6-3-4-7(20-5-6)24-13-11(18)9(16)8(15)10(17)12(13)19/h3-5H,1-2H3,(H,21,23). The molecule has 1 aromatic carbocycles. The van der Waals surface area contributed by atoms with Crippen LogP contribution in [0.3, 0.4) is 0 Å². The maximum Gasteiger partial charge on any atom is 0.321 e. The number of benzene rings is 1. The molecule has 2 rings (SSSR count). The predicted octanol–water partition coefficient (Wildman–Crippen LogP) is 3.66. The van der Waals surface area contributed by atoms with E-state index in [1.807, 2.05) is 0 Å². The van der Waals surface area contributed by atoms with E-state index in [-0.39, 0.29) is 5.69 Å².